The maximum absolute atomic E-state index is 12.6. The van der Waals surface area contributed by atoms with E-state index in [4.69, 9.17) is 14.2 Å². The highest BCUT2D eigenvalue weighted by molar-refractivity contribution is 5.71. The Bertz CT molecular complexity index is 794. The summed E-state index contributed by atoms with van der Waals surface area (Å²) in [5, 5.41) is 0. The first-order chi connectivity index (χ1) is 25.0. The first kappa shape index (κ1) is 49.1. The molecule has 6 heteroatoms. The van der Waals surface area contributed by atoms with Crippen LogP contribution in [-0.2, 0) is 28.6 Å². The molecule has 51 heavy (non-hydrogen) atoms. The van der Waals surface area contributed by atoms with E-state index >= 15 is 0 Å². The second-order valence-corrected chi connectivity index (χ2v) is 15.0. The molecule has 0 aromatic carbocycles. The third kappa shape index (κ3) is 39.2. The Morgan fingerprint density at radius 1 is 0.373 bits per heavy atom. The van der Waals surface area contributed by atoms with Crippen LogP contribution in [0.5, 0.6) is 0 Å². The van der Waals surface area contributed by atoms with Gasteiger partial charge in [-0.2, -0.15) is 0 Å². The third-order valence-electron chi connectivity index (χ3n) is 9.77. The van der Waals surface area contributed by atoms with Crippen LogP contribution in [0.4, 0.5) is 0 Å². The molecule has 0 bridgehead atoms. The molecule has 0 aromatic rings. The fraction of sp³-hybridized carbons (Fsp3) is 0.889. The van der Waals surface area contributed by atoms with Crippen LogP contribution in [0, 0.1) is 0 Å². The van der Waals surface area contributed by atoms with Crippen LogP contribution < -0.4 is 0 Å². The smallest absolute Gasteiger partial charge is 0.306 e. The second kappa shape index (κ2) is 40.9. The SMILES string of the molecule is CCCC/C=C\CCCCCCCC(=O)OC(COC(=O)CCCCCCCCC)COC(=O)CCCCCCCCCCCCCCCCC. The Hall–Kier alpha value is -1.85. The lowest BCUT2D eigenvalue weighted by Crippen LogP contribution is -2.30. The van der Waals surface area contributed by atoms with Crippen LogP contribution in [0.15, 0.2) is 12.2 Å². The summed E-state index contributed by atoms with van der Waals surface area (Å²) >= 11 is 0. The Morgan fingerprint density at radius 3 is 1.04 bits per heavy atom. The number of hydrogen-bond acceptors (Lipinski definition) is 6. The molecule has 0 saturated heterocycles. The quantitative estimate of drug-likeness (QED) is 0.0271. The van der Waals surface area contributed by atoms with Gasteiger partial charge in [0.1, 0.15) is 13.2 Å². The molecule has 0 N–H and O–H groups in total. The van der Waals surface area contributed by atoms with E-state index in [9.17, 15) is 14.4 Å². The minimum atomic E-state index is -0.764. The predicted molar refractivity (Wildman–Crippen MR) is 215 cm³/mol. The highest BCUT2D eigenvalue weighted by Crippen LogP contribution is 2.15. The number of rotatable bonds is 40. The monoisotopic (exact) mass is 721 g/mol. The molecule has 0 saturated carbocycles. The largest absolute Gasteiger partial charge is 0.462 e. The van der Waals surface area contributed by atoms with Gasteiger partial charge in [0.15, 0.2) is 6.10 Å². The zero-order valence-corrected chi connectivity index (χ0v) is 34.1. The number of allylic oxidation sites excluding steroid dienone is 2. The van der Waals surface area contributed by atoms with Gasteiger partial charge in [0.25, 0.3) is 0 Å². The molecule has 0 aliphatic carbocycles. The Morgan fingerprint density at radius 2 is 0.667 bits per heavy atom. The molecule has 0 aliphatic rings. The highest BCUT2D eigenvalue weighted by Gasteiger charge is 2.19. The molecular formula is C45H84O6. The van der Waals surface area contributed by atoms with Gasteiger partial charge in [-0.25, -0.2) is 0 Å². The third-order valence-corrected chi connectivity index (χ3v) is 9.77. The minimum absolute atomic E-state index is 0.0696. The number of hydrogen-bond donors (Lipinski definition) is 0. The van der Waals surface area contributed by atoms with Gasteiger partial charge in [0, 0.05) is 19.3 Å². The summed E-state index contributed by atoms with van der Waals surface area (Å²) in [5.41, 5.74) is 0. The Kier molecular flexibility index (Phi) is 39.4. The summed E-state index contributed by atoms with van der Waals surface area (Å²) in [7, 11) is 0. The lowest BCUT2D eigenvalue weighted by atomic mass is 10.0. The van der Waals surface area contributed by atoms with Crippen molar-refractivity contribution in [3.05, 3.63) is 12.2 Å². The second-order valence-electron chi connectivity index (χ2n) is 15.0. The summed E-state index contributed by atoms with van der Waals surface area (Å²) in [6, 6.07) is 0. The summed E-state index contributed by atoms with van der Waals surface area (Å²) in [6.45, 7) is 6.56. The molecule has 0 heterocycles. The van der Waals surface area contributed by atoms with Crippen LogP contribution in [0.25, 0.3) is 0 Å². The van der Waals surface area contributed by atoms with Gasteiger partial charge < -0.3 is 14.2 Å². The fourth-order valence-electron chi connectivity index (χ4n) is 6.36. The zero-order chi connectivity index (χ0) is 37.3. The van der Waals surface area contributed by atoms with Gasteiger partial charge in [-0.1, -0.05) is 193 Å². The van der Waals surface area contributed by atoms with E-state index in [0.717, 1.165) is 64.2 Å². The van der Waals surface area contributed by atoms with Crippen molar-refractivity contribution in [2.45, 2.75) is 245 Å². The summed E-state index contributed by atoms with van der Waals surface area (Å²) in [5.74, 6) is -0.880. The van der Waals surface area contributed by atoms with Crippen molar-refractivity contribution in [1.29, 1.82) is 0 Å². The van der Waals surface area contributed by atoms with Crippen molar-refractivity contribution in [1.82, 2.24) is 0 Å². The van der Waals surface area contributed by atoms with Crippen molar-refractivity contribution >= 4 is 17.9 Å². The summed E-state index contributed by atoms with van der Waals surface area (Å²) in [4.78, 5) is 37.5. The average molecular weight is 721 g/mol. The zero-order valence-electron chi connectivity index (χ0n) is 34.1. The van der Waals surface area contributed by atoms with E-state index in [2.05, 4.69) is 32.9 Å². The van der Waals surface area contributed by atoms with Gasteiger partial charge >= 0.3 is 17.9 Å². The van der Waals surface area contributed by atoms with Crippen molar-refractivity contribution < 1.29 is 28.6 Å². The Labute approximate surface area is 316 Å². The molecular weight excluding hydrogens is 636 g/mol. The van der Waals surface area contributed by atoms with Crippen LogP contribution in [0.2, 0.25) is 0 Å². The predicted octanol–water partition coefficient (Wildman–Crippen LogP) is 13.9. The first-order valence-electron chi connectivity index (χ1n) is 22.2. The number of unbranched alkanes of at least 4 members (excludes halogenated alkanes) is 27. The fourth-order valence-corrected chi connectivity index (χ4v) is 6.36. The van der Waals surface area contributed by atoms with Gasteiger partial charge in [-0.3, -0.25) is 14.4 Å². The highest BCUT2D eigenvalue weighted by atomic mass is 16.6. The molecule has 0 fully saturated rings. The lowest BCUT2D eigenvalue weighted by Gasteiger charge is -2.18. The average Bonchev–Trinajstić information content (AvgIpc) is 3.12. The van der Waals surface area contributed by atoms with Gasteiger partial charge in [-0.05, 0) is 38.5 Å². The number of carbonyl (C=O) groups excluding carboxylic acids is 3. The molecule has 0 rings (SSSR count). The van der Waals surface area contributed by atoms with Gasteiger partial charge in [0.05, 0.1) is 0 Å². The molecule has 0 aromatic heterocycles. The standard InChI is InChI=1S/C45H84O6/c1-4-7-10-13-16-18-20-21-22-23-25-26-29-32-35-38-44(47)50-41-42(40-49-43(46)37-34-31-28-15-12-9-6-3)51-45(48)39-36-33-30-27-24-19-17-14-11-8-5-2/h14,17,42H,4-13,15-16,18-41H2,1-3H3/b17-14-. The number of esters is 3. The molecule has 300 valence electrons. The summed E-state index contributed by atoms with van der Waals surface area (Å²) in [6.07, 6.45) is 42.0. The van der Waals surface area contributed by atoms with Crippen molar-refractivity contribution in [3.8, 4) is 0 Å². The number of ether oxygens (including phenoxy) is 3. The maximum atomic E-state index is 12.6. The molecule has 0 amide bonds. The van der Waals surface area contributed by atoms with Crippen molar-refractivity contribution in [2.75, 3.05) is 13.2 Å². The van der Waals surface area contributed by atoms with Crippen LogP contribution >= 0.6 is 0 Å². The van der Waals surface area contributed by atoms with Crippen molar-refractivity contribution in [2.24, 2.45) is 0 Å². The van der Waals surface area contributed by atoms with Gasteiger partial charge in [-0.15, -0.1) is 0 Å². The van der Waals surface area contributed by atoms with Crippen LogP contribution in [0.1, 0.15) is 239 Å². The van der Waals surface area contributed by atoms with E-state index in [-0.39, 0.29) is 31.1 Å². The maximum Gasteiger partial charge on any atom is 0.306 e. The minimum Gasteiger partial charge on any atom is -0.462 e. The van der Waals surface area contributed by atoms with Crippen molar-refractivity contribution in [3.63, 3.8) is 0 Å². The molecule has 1 atom stereocenters. The normalized spacial score (nSPS) is 12.0. The van der Waals surface area contributed by atoms with Crippen LogP contribution in [0.3, 0.4) is 0 Å². The van der Waals surface area contributed by atoms with E-state index in [1.165, 1.54) is 135 Å². The van der Waals surface area contributed by atoms with E-state index in [0.29, 0.717) is 19.3 Å². The van der Waals surface area contributed by atoms with E-state index < -0.39 is 6.10 Å². The van der Waals surface area contributed by atoms with E-state index in [1.807, 2.05) is 0 Å². The topological polar surface area (TPSA) is 78.9 Å². The molecule has 0 aliphatic heterocycles. The van der Waals surface area contributed by atoms with Gasteiger partial charge in [0.2, 0.25) is 0 Å². The molecule has 6 nitrogen and oxygen atoms in total. The summed E-state index contributed by atoms with van der Waals surface area (Å²) < 4.78 is 16.6. The Balaban J connectivity index is 4.26. The molecule has 1 unspecified atom stereocenters. The lowest BCUT2D eigenvalue weighted by molar-refractivity contribution is -0.167. The first-order valence-corrected chi connectivity index (χ1v) is 22.2. The van der Waals surface area contributed by atoms with Crippen LogP contribution in [-0.4, -0.2) is 37.2 Å². The molecule has 0 spiro atoms. The number of carbonyl (C=O) groups is 3. The molecule has 0 radical (unpaired) electrons. The van der Waals surface area contributed by atoms with E-state index in [1.54, 1.807) is 0 Å².